The van der Waals surface area contributed by atoms with E-state index in [9.17, 15) is 0 Å². The van der Waals surface area contributed by atoms with Crippen molar-refractivity contribution in [1.29, 1.82) is 0 Å². The number of hydrogen-bond donors (Lipinski definition) is 1. The van der Waals surface area contributed by atoms with Gasteiger partial charge in [-0.15, -0.1) is 11.3 Å². The highest BCUT2D eigenvalue weighted by Crippen LogP contribution is 2.23. The van der Waals surface area contributed by atoms with Gasteiger partial charge in [0.1, 0.15) is 5.82 Å². The Labute approximate surface area is 107 Å². The summed E-state index contributed by atoms with van der Waals surface area (Å²) in [5.74, 6) is 0.636. The molecule has 16 heavy (non-hydrogen) atoms. The van der Waals surface area contributed by atoms with Crippen molar-refractivity contribution >= 4 is 40.4 Å². The number of aryl methyl sites for hydroxylation is 1. The Hall–Kier alpha value is -0.840. The standard InChI is InChI=1S/C10H9Cl2N3S/c1-6-13-4-8(16-6)5-15-10-9(12)2-7(11)3-14-10/h2-4H,5H2,1H3,(H,14,15). The van der Waals surface area contributed by atoms with Crippen molar-refractivity contribution in [2.24, 2.45) is 0 Å². The lowest BCUT2D eigenvalue weighted by molar-refractivity contribution is 1.13. The maximum atomic E-state index is 5.98. The second-order valence-corrected chi connectivity index (χ2v) is 5.35. The molecule has 0 radical (unpaired) electrons. The number of halogens is 2. The molecule has 0 aliphatic carbocycles. The van der Waals surface area contributed by atoms with Crippen LogP contribution >= 0.6 is 34.5 Å². The summed E-state index contributed by atoms with van der Waals surface area (Å²) in [6, 6.07) is 1.66. The van der Waals surface area contributed by atoms with Crippen molar-refractivity contribution in [2.75, 3.05) is 5.32 Å². The zero-order valence-electron chi connectivity index (χ0n) is 8.50. The van der Waals surface area contributed by atoms with Crippen molar-refractivity contribution in [2.45, 2.75) is 13.5 Å². The van der Waals surface area contributed by atoms with Crippen LogP contribution in [0.3, 0.4) is 0 Å². The van der Waals surface area contributed by atoms with Crippen molar-refractivity contribution in [1.82, 2.24) is 9.97 Å². The molecular formula is C10H9Cl2N3S. The van der Waals surface area contributed by atoms with Gasteiger partial charge in [0.05, 0.1) is 21.6 Å². The fourth-order valence-electron chi connectivity index (χ4n) is 1.20. The fraction of sp³-hybridized carbons (Fsp3) is 0.200. The molecule has 0 atom stereocenters. The highest BCUT2D eigenvalue weighted by molar-refractivity contribution is 7.11. The van der Waals surface area contributed by atoms with Crippen LogP contribution in [0.2, 0.25) is 10.0 Å². The monoisotopic (exact) mass is 273 g/mol. The number of thiazole rings is 1. The Kier molecular flexibility index (Phi) is 3.63. The second-order valence-electron chi connectivity index (χ2n) is 3.18. The van der Waals surface area contributed by atoms with Gasteiger partial charge in [-0.05, 0) is 13.0 Å². The van der Waals surface area contributed by atoms with Crippen LogP contribution in [0, 0.1) is 6.92 Å². The predicted octanol–water partition coefficient (Wildman–Crippen LogP) is 3.77. The largest absolute Gasteiger partial charge is 0.364 e. The van der Waals surface area contributed by atoms with Crippen molar-refractivity contribution in [3.63, 3.8) is 0 Å². The Morgan fingerprint density at radius 2 is 2.12 bits per heavy atom. The minimum atomic E-state index is 0.522. The summed E-state index contributed by atoms with van der Waals surface area (Å²) in [5, 5.41) is 5.24. The molecule has 6 heteroatoms. The molecule has 0 bridgehead atoms. The zero-order valence-corrected chi connectivity index (χ0v) is 10.8. The maximum absolute atomic E-state index is 5.98. The van der Waals surface area contributed by atoms with Gasteiger partial charge in [0.2, 0.25) is 0 Å². The van der Waals surface area contributed by atoms with E-state index < -0.39 is 0 Å². The van der Waals surface area contributed by atoms with Crippen LogP contribution in [0.5, 0.6) is 0 Å². The summed E-state index contributed by atoms with van der Waals surface area (Å²) in [7, 11) is 0. The van der Waals surface area contributed by atoms with E-state index in [1.54, 1.807) is 23.6 Å². The van der Waals surface area contributed by atoms with E-state index in [0.29, 0.717) is 22.4 Å². The van der Waals surface area contributed by atoms with Gasteiger partial charge in [0.15, 0.2) is 0 Å². The number of anilines is 1. The molecule has 0 aliphatic rings. The molecule has 0 saturated heterocycles. The van der Waals surface area contributed by atoms with Gasteiger partial charge in [0.25, 0.3) is 0 Å². The van der Waals surface area contributed by atoms with E-state index in [1.807, 2.05) is 13.1 Å². The first-order chi connectivity index (χ1) is 7.65. The summed E-state index contributed by atoms with van der Waals surface area (Å²) < 4.78 is 0. The summed E-state index contributed by atoms with van der Waals surface area (Å²) in [4.78, 5) is 9.42. The summed E-state index contributed by atoms with van der Waals surface area (Å²) in [5.41, 5.74) is 0. The van der Waals surface area contributed by atoms with Crippen molar-refractivity contribution < 1.29 is 0 Å². The molecule has 2 rings (SSSR count). The normalized spacial score (nSPS) is 10.4. The van der Waals surface area contributed by atoms with Crippen LogP contribution in [0.25, 0.3) is 0 Å². The van der Waals surface area contributed by atoms with Crippen LogP contribution in [-0.4, -0.2) is 9.97 Å². The molecule has 0 unspecified atom stereocenters. The summed E-state index contributed by atoms with van der Waals surface area (Å²) in [6.45, 7) is 2.64. The molecule has 2 aromatic heterocycles. The average molecular weight is 274 g/mol. The van der Waals surface area contributed by atoms with Gasteiger partial charge in [0, 0.05) is 17.3 Å². The van der Waals surface area contributed by atoms with E-state index >= 15 is 0 Å². The lowest BCUT2D eigenvalue weighted by atomic mass is 10.4. The molecule has 0 aromatic carbocycles. The number of pyridine rings is 1. The molecule has 84 valence electrons. The molecule has 2 heterocycles. The highest BCUT2D eigenvalue weighted by atomic mass is 35.5. The number of rotatable bonds is 3. The molecule has 0 spiro atoms. The van der Waals surface area contributed by atoms with Gasteiger partial charge < -0.3 is 5.32 Å². The van der Waals surface area contributed by atoms with Crippen LogP contribution in [-0.2, 0) is 6.54 Å². The van der Waals surface area contributed by atoms with E-state index in [4.69, 9.17) is 23.2 Å². The van der Waals surface area contributed by atoms with Gasteiger partial charge in [-0.3, -0.25) is 0 Å². The molecule has 3 nitrogen and oxygen atoms in total. The van der Waals surface area contributed by atoms with Crippen LogP contribution in [0.15, 0.2) is 18.5 Å². The molecule has 2 aromatic rings. The molecular weight excluding hydrogens is 265 g/mol. The van der Waals surface area contributed by atoms with Crippen molar-refractivity contribution in [3.05, 3.63) is 38.4 Å². The summed E-state index contributed by atoms with van der Waals surface area (Å²) in [6.07, 6.45) is 3.41. The first-order valence-corrected chi connectivity index (χ1v) is 6.18. The van der Waals surface area contributed by atoms with Crippen LogP contribution in [0.1, 0.15) is 9.88 Å². The lowest BCUT2D eigenvalue weighted by Crippen LogP contribution is -2.00. The minimum absolute atomic E-state index is 0.522. The first kappa shape index (κ1) is 11.6. The highest BCUT2D eigenvalue weighted by Gasteiger charge is 2.03. The molecule has 1 N–H and O–H groups in total. The summed E-state index contributed by atoms with van der Waals surface area (Å²) >= 11 is 13.4. The Balaban J connectivity index is 2.04. The van der Waals surface area contributed by atoms with E-state index in [-0.39, 0.29) is 0 Å². The van der Waals surface area contributed by atoms with Crippen molar-refractivity contribution in [3.8, 4) is 0 Å². The van der Waals surface area contributed by atoms with Crippen LogP contribution < -0.4 is 5.32 Å². The molecule has 0 aliphatic heterocycles. The van der Waals surface area contributed by atoms with Gasteiger partial charge >= 0.3 is 0 Å². The Bertz CT molecular complexity index is 499. The third-order valence-corrected chi connectivity index (χ3v) is 3.31. The van der Waals surface area contributed by atoms with E-state index in [2.05, 4.69) is 15.3 Å². The third-order valence-electron chi connectivity index (χ3n) is 1.91. The predicted molar refractivity (Wildman–Crippen MR) is 68.4 cm³/mol. The average Bonchev–Trinajstić information content (AvgIpc) is 2.63. The molecule has 0 fully saturated rings. The van der Waals surface area contributed by atoms with E-state index in [0.717, 1.165) is 9.88 Å². The van der Waals surface area contributed by atoms with Gasteiger partial charge in [-0.1, -0.05) is 23.2 Å². The Morgan fingerprint density at radius 3 is 2.75 bits per heavy atom. The fourth-order valence-corrected chi connectivity index (χ4v) is 2.38. The lowest BCUT2D eigenvalue weighted by Gasteiger charge is -2.05. The molecule has 0 amide bonds. The second kappa shape index (κ2) is 4.99. The number of nitrogens with one attached hydrogen (secondary N) is 1. The zero-order chi connectivity index (χ0) is 11.5. The van der Waals surface area contributed by atoms with Gasteiger partial charge in [-0.2, -0.15) is 0 Å². The quantitative estimate of drug-likeness (QED) is 0.925. The molecule has 0 saturated carbocycles. The number of hydrogen-bond acceptors (Lipinski definition) is 4. The smallest absolute Gasteiger partial charge is 0.145 e. The maximum Gasteiger partial charge on any atom is 0.145 e. The van der Waals surface area contributed by atoms with E-state index in [1.165, 1.54) is 0 Å². The van der Waals surface area contributed by atoms with Gasteiger partial charge in [-0.25, -0.2) is 9.97 Å². The number of aromatic nitrogens is 2. The SMILES string of the molecule is Cc1ncc(CNc2ncc(Cl)cc2Cl)s1. The van der Waals surface area contributed by atoms with Crippen LogP contribution in [0.4, 0.5) is 5.82 Å². The number of nitrogens with zero attached hydrogens (tertiary/aromatic N) is 2. The topological polar surface area (TPSA) is 37.8 Å². The minimum Gasteiger partial charge on any atom is -0.364 e. The third kappa shape index (κ3) is 2.84. The Morgan fingerprint density at radius 1 is 1.31 bits per heavy atom. The first-order valence-electron chi connectivity index (χ1n) is 4.61.